The highest BCUT2D eigenvalue weighted by atomic mass is 79.9. The maximum atomic E-state index is 9.00. The minimum atomic E-state index is -0.0926. The summed E-state index contributed by atoms with van der Waals surface area (Å²) in [4.78, 5) is 0. The van der Waals surface area contributed by atoms with E-state index < -0.39 is 0 Å². The molecular weight excluding hydrogens is 261 g/mol. The molecule has 0 heterocycles. The fourth-order valence-electron chi connectivity index (χ4n) is 1.37. The SMILES string of the molecule is CCCC(C#N)c1cccc(Br)c1Cl. The van der Waals surface area contributed by atoms with E-state index in [-0.39, 0.29) is 5.92 Å². The fraction of sp³-hybridized carbons (Fsp3) is 0.364. The summed E-state index contributed by atoms with van der Waals surface area (Å²) >= 11 is 9.46. The standard InChI is InChI=1S/C11H11BrClN/c1-2-4-8(7-14)9-5-3-6-10(12)11(9)13/h3,5-6,8H,2,4H2,1H3. The molecule has 1 unspecified atom stereocenters. The fourth-order valence-corrected chi connectivity index (χ4v) is 2.01. The van der Waals surface area contributed by atoms with Gasteiger partial charge < -0.3 is 0 Å². The average molecular weight is 273 g/mol. The normalized spacial score (nSPS) is 12.1. The molecule has 1 aromatic carbocycles. The molecule has 1 nitrogen and oxygen atoms in total. The number of hydrogen-bond donors (Lipinski definition) is 0. The Labute approximate surface area is 97.8 Å². The van der Waals surface area contributed by atoms with Crippen LogP contribution in [0.25, 0.3) is 0 Å². The highest BCUT2D eigenvalue weighted by Crippen LogP contribution is 2.32. The van der Waals surface area contributed by atoms with Crippen molar-refractivity contribution in [2.75, 3.05) is 0 Å². The maximum absolute atomic E-state index is 9.00. The Morgan fingerprint density at radius 3 is 2.86 bits per heavy atom. The van der Waals surface area contributed by atoms with Crippen LogP contribution in [0.15, 0.2) is 22.7 Å². The van der Waals surface area contributed by atoms with Crippen LogP contribution in [0, 0.1) is 11.3 Å². The van der Waals surface area contributed by atoms with E-state index in [1.54, 1.807) is 0 Å². The zero-order chi connectivity index (χ0) is 10.6. The number of nitrogens with zero attached hydrogens (tertiary/aromatic N) is 1. The van der Waals surface area contributed by atoms with Gasteiger partial charge in [-0.15, -0.1) is 0 Å². The molecule has 1 aromatic rings. The first-order valence-electron chi connectivity index (χ1n) is 4.54. The van der Waals surface area contributed by atoms with E-state index in [2.05, 4.69) is 28.9 Å². The molecule has 0 saturated carbocycles. The van der Waals surface area contributed by atoms with Crippen molar-refractivity contribution >= 4 is 27.5 Å². The minimum absolute atomic E-state index is 0.0926. The van der Waals surface area contributed by atoms with E-state index in [9.17, 15) is 0 Å². The van der Waals surface area contributed by atoms with Gasteiger partial charge in [-0.2, -0.15) is 5.26 Å². The molecule has 0 N–H and O–H groups in total. The molecule has 0 fully saturated rings. The Kier molecular flexibility index (Phi) is 4.44. The molecule has 0 radical (unpaired) electrons. The molecule has 0 amide bonds. The van der Waals surface area contributed by atoms with E-state index in [1.165, 1.54) is 0 Å². The van der Waals surface area contributed by atoms with Gasteiger partial charge in [0.25, 0.3) is 0 Å². The van der Waals surface area contributed by atoms with Crippen molar-refractivity contribution < 1.29 is 0 Å². The predicted octanol–water partition coefficient (Wildman–Crippen LogP) is 4.51. The van der Waals surface area contributed by atoms with Crippen molar-refractivity contribution in [2.24, 2.45) is 0 Å². The number of hydrogen-bond acceptors (Lipinski definition) is 1. The van der Waals surface area contributed by atoms with Crippen molar-refractivity contribution in [2.45, 2.75) is 25.7 Å². The van der Waals surface area contributed by atoms with Gasteiger partial charge in [0.05, 0.1) is 17.0 Å². The van der Waals surface area contributed by atoms with Crippen molar-refractivity contribution in [3.05, 3.63) is 33.3 Å². The summed E-state index contributed by atoms with van der Waals surface area (Å²) in [6.07, 6.45) is 1.84. The summed E-state index contributed by atoms with van der Waals surface area (Å²) in [5, 5.41) is 9.66. The third-order valence-electron chi connectivity index (χ3n) is 2.09. The van der Waals surface area contributed by atoms with E-state index >= 15 is 0 Å². The summed E-state index contributed by atoms with van der Waals surface area (Å²) < 4.78 is 0.855. The third-order valence-corrected chi connectivity index (χ3v) is 3.40. The highest BCUT2D eigenvalue weighted by molar-refractivity contribution is 9.10. The molecule has 3 heteroatoms. The largest absolute Gasteiger partial charge is 0.198 e. The lowest BCUT2D eigenvalue weighted by atomic mass is 9.96. The zero-order valence-electron chi connectivity index (χ0n) is 7.93. The number of nitriles is 1. The van der Waals surface area contributed by atoms with E-state index in [1.807, 2.05) is 18.2 Å². The molecule has 0 aromatic heterocycles. The zero-order valence-corrected chi connectivity index (χ0v) is 10.3. The Bertz CT molecular complexity index is 357. The molecule has 0 spiro atoms. The number of benzene rings is 1. The molecule has 1 atom stereocenters. The van der Waals surface area contributed by atoms with Crippen LogP contribution in [0.3, 0.4) is 0 Å². The summed E-state index contributed by atoms with van der Waals surface area (Å²) in [5.41, 5.74) is 0.922. The topological polar surface area (TPSA) is 23.8 Å². The second-order valence-electron chi connectivity index (χ2n) is 3.11. The lowest BCUT2D eigenvalue weighted by Gasteiger charge is -2.10. The lowest BCUT2D eigenvalue weighted by Crippen LogP contribution is -1.96. The van der Waals surface area contributed by atoms with Crippen LogP contribution < -0.4 is 0 Å². The van der Waals surface area contributed by atoms with Crippen molar-refractivity contribution in [1.82, 2.24) is 0 Å². The molecule has 0 saturated heterocycles. The van der Waals surface area contributed by atoms with Crippen LogP contribution in [0.2, 0.25) is 5.02 Å². The van der Waals surface area contributed by atoms with Crippen LogP contribution in [-0.2, 0) is 0 Å². The van der Waals surface area contributed by atoms with Crippen molar-refractivity contribution in [1.29, 1.82) is 5.26 Å². The molecule has 0 aliphatic carbocycles. The second-order valence-corrected chi connectivity index (χ2v) is 4.35. The monoisotopic (exact) mass is 271 g/mol. The molecule has 14 heavy (non-hydrogen) atoms. The Morgan fingerprint density at radius 1 is 1.57 bits per heavy atom. The van der Waals surface area contributed by atoms with Gasteiger partial charge in [-0.05, 0) is 34.0 Å². The van der Waals surface area contributed by atoms with Gasteiger partial charge in [-0.1, -0.05) is 37.1 Å². The summed E-state index contributed by atoms with van der Waals surface area (Å²) in [7, 11) is 0. The van der Waals surface area contributed by atoms with Crippen LogP contribution in [-0.4, -0.2) is 0 Å². The van der Waals surface area contributed by atoms with Crippen molar-refractivity contribution in [3.63, 3.8) is 0 Å². The summed E-state index contributed by atoms with van der Waals surface area (Å²) in [6, 6.07) is 7.98. The predicted molar refractivity (Wildman–Crippen MR) is 62.4 cm³/mol. The van der Waals surface area contributed by atoms with Crippen molar-refractivity contribution in [3.8, 4) is 6.07 Å². The van der Waals surface area contributed by atoms with Gasteiger partial charge in [0.2, 0.25) is 0 Å². The number of rotatable bonds is 3. The van der Waals surface area contributed by atoms with E-state index in [0.717, 1.165) is 22.9 Å². The van der Waals surface area contributed by atoms with Crippen LogP contribution in [0.5, 0.6) is 0 Å². The van der Waals surface area contributed by atoms with Gasteiger partial charge >= 0.3 is 0 Å². The summed E-state index contributed by atoms with van der Waals surface area (Å²) in [5.74, 6) is -0.0926. The van der Waals surface area contributed by atoms with Crippen LogP contribution in [0.4, 0.5) is 0 Å². The van der Waals surface area contributed by atoms with Gasteiger partial charge in [-0.25, -0.2) is 0 Å². The molecule has 0 aliphatic heterocycles. The molecular formula is C11H11BrClN. The maximum Gasteiger partial charge on any atom is 0.0727 e. The van der Waals surface area contributed by atoms with Gasteiger partial charge in [0.15, 0.2) is 0 Å². The first-order chi connectivity index (χ1) is 6.70. The highest BCUT2D eigenvalue weighted by Gasteiger charge is 2.14. The van der Waals surface area contributed by atoms with Crippen LogP contribution >= 0.6 is 27.5 Å². The van der Waals surface area contributed by atoms with E-state index in [0.29, 0.717) is 5.02 Å². The summed E-state index contributed by atoms with van der Waals surface area (Å²) in [6.45, 7) is 2.07. The van der Waals surface area contributed by atoms with Crippen LogP contribution in [0.1, 0.15) is 31.2 Å². The first kappa shape index (κ1) is 11.6. The number of halogens is 2. The van der Waals surface area contributed by atoms with E-state index in [4.69, 9.17) is 16.9 Å². The minimum Gasteiger partial charge on any atom is -0.198 e. The Balaban J connectivity index is 3.05. The molecule has 0 bridgehead atoms. The Hall–Kier alpha value is -0.520. The van der Waals surface area contributed by atoms with Gasteiger partial charge in [-0.3, -0.25) is 0 Å². The molecule has 74 valence electrons. The smallest absolute Gasteiger partial charge is 0.0727 e. The van der Waals surface area contributed by atoms with Gasteiger partial charge in [0.1, 0.15) is 0 Å². The third kappa shape index (κ3) is 2.50. The Morgan fingerprint density at radius 2 is 2.29 bits per heavy atom. The lowest BCUT2D eigenvalue weighted by molar-refractivity contribution is 0.727. The molecule has 0 aliphatic rings. The quantitative estimate of drug-likeness (QED) is 0.794. The average Bonchev–Trinajstić information content (AvgIpc) is 2.19. The first-order valence-corrected chi connectivity index (χ1v) is 5.71. The molecule has 1 rings (SSSR count). The van der Waals surface area contributed by atoms with Gasteiger partial charge in [0, 0.05) is 4.47 Å². The second kappa shape index (κ2) is 5.38.